The summed E-state index contributed by atoms with van der Waals surface area (Å²) in [6.45, 7) is 0.218. The van der Waals surface area contributed by atoms with Crippen LogP contribution in [0.5, 0.6) is 0 Å². The lowest BCUT2D eigenvalue weighted by Gasteiger charge is -2.23. The van der Waals surface area contributed by atoms with Crippen LogP contribution < -0.4 is 5.32 Å². The summed E-state index contributed by atoms with van der Waals surface area (Å²) in [6, 6.07) is 4.75. The molecule has 3 nitrogen and oxygen atoms in total. The van der Waals surface area contributed by atoms with E-state index < -0.39 is 11.7 Å². The fourth-order valence-electron chi connectivity index (χ4n) is 1.59. The number of halogens is 3. The molecule has 0 spiro atoms. The molecule has 1 saturated heterocycles. The monoisotopic (exact) mass is 245 g/mol. The zero-order valence-electron chi connectivity index (χ0n) is 8.75. The van der Waals surface area contributed by atoms with Crippen LogP contribution in [0.3, 0.4) is 0 Å². The fourth-order valence-corrected chi connectivity index (χ4v) is 1.59. The SMILES string of the molecule is O=C1CO[C@@H](c2ccc(C(F)(F)F)cc2)CN1. The molecule has 0 radical (unpaired) electrons. The number of nitrogens with one attached hydrogen (secondary N) is 1. The summed E-state index contributed by atoms with van der Waals surface area (Å²) in [4.78, 5) is 10.8. The number of carbonyl (C=O) groups excluding carboxylic acids is 1. The Morgan fingerprint density at radius 1 is 1.24 bits per heavy atom. The van der Waals surface area contributed by atoms with E-state index in [0.717, 1.165) is 12.1 Å². The highest BCUT2D eigenvalue weighted by atomic mass is 19.4. The van der Waals surface area contributed by atoms with Crippen LogP contribution in [0.4, 0.5) is 13.2 Å². The minimum Gasteiger partial charge on any atom is -0.362 e. The van der Waals surface area contributed by atoms with Crippen molar-refractivity contribution in [3.63, 3.8) is 0 Å². The molecule has 1 aromatic rings. The van der Waals surface area contributed by atoms with E-state index in [-0.39, 0.29) is 25.2 Å². The molecule has 0 saturated carbocycles. The summed E-state index contributed by atoms with van der Waals surface area (Å²) >= 11 is 0. The highest BCUT2D eigenvalue weighted by molar-refractivity contribution is 5.77. The smallest absolute Gasteiger partial charge is 0.362 e. The van der Waals surface area contributed by atoms with Gasteiger partial charge in [0.1, 0.15) is 12.7 Å². The van der Waals surface area contributed by atoms with Gasteiger partial charge in [-0.3, -0.25) is 4.79 Å². The Balaban J connectivity index is 2.10. The van der Waals surface area contributed by atoms with Crippen molar-refractivity contribution in [2.75, 3.05) is 13.2 Å². The average Bonchev–Trinajstić information content (AvgIpc) is 2.29. The second kappa shape index (κ2) is 4.37. The molecule has 0 aromatic heterocycles. The molecule has 0 unspecified atom stereocenters. The van der Waals surface area contributed by atoms with Crippen LogP contribution in [0, 0.1) is 0 Å². The van der Waals surface area contributed by atoms with Crippen molar-refractivity contribution in [1.82, 2.24) is 5.32 Å². The Hall–Kier alpha value is -1.56. The van der Waals surface area contributed by atoms with Crippen LogP contribution in [0.2, 0.25) is 0 Å². The third-order valence-corrected chi connectivity index (χ3v) is 2.51. The van der Waals surface area contributed by atoms with Gasteiger partial charge >= 0.3 is 6.18 Å². The van der Waals surface area contributed by atoms with Crippen LogP contribution in [-0.4, -0.2) is 19.1 Å². The maximum atomic E-state index is 12.3. The van der Waals surface area contributed by atoms with E-state index in [1.807, 2.05) is 0 Å². The predicted molar refractivity (Wildman–Crippen MR) is 53.1 cm³/mol. The van der Waals surface area contributed by atoms with Gasteiger partial charge in [-0.15, -0.1) is 0 Å². The maximum absolute atomic E-state index is 12.3. The third-order valence-electron chi connectivity index (χ3n) is 2.51. The van der Waals surface area contributed by atoms with Crippen molar-refractivity contribution < 1.29 is 22.7 Å². The topological polar surface area (TPSA) is 38.3 Å². The van der Waals surface area contributed by atoms with Crippen molar-refractivity contribution in [2.45, 2.75) is 12.3 Å². The first-order valence-corrected chi connectivity index (χ1v) is 5.02. The summed E-state index contributed by atoms with van der Waals surface area (Å²) < 4.78 is 42.2. The number of carbonyl (C=O) groups is 1. The summed E-state index contributed by atoms with van der Waals surface area (Å²) in [5.41, 5.74) is -0.0703. The van der Waals surface area contributed by atoms with E-state index in [1.165, 1.54) is 12.1 Å². The van der Waals surface area contributed by atoms with Crippen LogP contribution in [0.1, 0.15) is 17.2 Å². The molecule has 1 atom stereocenters. The van der Waals surface area contributed by atoms with E-state index in [2.05, 4.69) is 5.32 Å². The first-order chi connectivity index (χ1) is 7.97. The maximum Gasteiger partial charge on any atom is 0.416 e. The molecule has 2 rings (SSSR count). The number of ether oxygens (including phenoxy) is 1. The average molecular weight is 245 g/mol. The highest BCUT2D eigenvalue weighted by Gasteiger charge is 2.30. The summed E-state index contributed by atoms with van der Waals surface area (Å²) in [6.07, 6.45) is -4.71. The molecule has 1 aliphatic rings. The number of rotatable bonds is 1. The Morgan fingerprint density at radius 3 is 2.35 bits per heavy atom. The van der Waals surface area contributed by atoms with Gasteiger partial charge < -0.3 is 10.1 Å². The first-order valence-electron chi connectivity index (χ1n) is 5.02. The van der Waals surface area contributed by atoms with E-state index >= 15 is 0 Å². The number of alkyl halides is 3. The van der Waals surface area contributed by atoms with E-state index in [0.29, 0.717) is 5.56 Å². The lowest BCUT2D eigenvalue weighted by molar-refractivity contribution is -0.137. The Bertz CT molecular complexity index is 404. The molecule has 6 heteroatoms. The van der Waals surface area contributed by atoms with Gasteiger partial charge in [0.2, 0.25) is 5.91 Å². The molecule has 92 valence electrons. The van der Waals surface area contributed by atoms with E-state index in [1.54, 1.807) is 0 Å². The van der Waals surface area contributed by atoms with Gasteiger partial charge in [-0.25, -0.2) is 0 Å². The van der Waals surface area contributed by atoms with E-state index in [9.17, 15) is 18.0 Å². The first kappa shape index (κ1) is 11.9. The van der Waals surface area contributed by atoms with Gasteiger partial charge in [0.15, 0.2) is 0 Å². The fraction of sp³-hybridized carbons (Fsp3) is 0.364. The van der Waals surface area contributed by atoms with Crippen molar-refractivity contribution >= 4 is 5.91 Å². The molecule has 17 heavy (non-hydrogen) atoms. The lowest BCUT2D eigenvalue weighted by Crippen LogP contribution is -2.38. The molecular formula is C11H10F3NO2. The largest absolute Gasteiger partial charge is 0.416 e. The minimum atomic E-state index is -4.33. The highest BCUT2D eigenvalue weighted by Crippen LogP contribution is 2.30. The van der Waals surface area contributed by atoms with Crippen molar-refractivity contribution in [1.29, 1.82) is 0 Å². The zero-order valence-corrected chi connectivity index (χ0v) is 8.75. The Morgan fingerprint density at radius 2 is 1.88 bits per heavy atom. The van der Waals surface area contributed by atoms with Gasteiger partial charge in [-0.1, -0.05) is 12.1 Å². The summed E-state index contributed by atoms with van der Waals surface area (Å²) in [7, 11) is 0. The molecule has 0 aliphatic carbocycles. The number of amides is 1. The molecule has 1 fully saturated rings. The van der Waals surface area contributed by atoms with Crippen molar-refractivity contribution in [2.24, 2.45) is 0 Å². The third kappa shape index (κ3) is 2.76. The van der Waals surface area contributed by atoms with Crippen LogP contribution in [0.25, 0.3) is 0 Å². The second-order valence-corrected chi connectivity index (χ2v) is 3.72. The van der Waals surface area contributed by atoms with E-state index in [4.69, 9.17) is 4.74 Å². The number of hydrogen-bond acceptors (Lipinski definition) is 2. The molecule has 1 aliphatic heterocycles. The van der Waals surface area contributed by atoms with Gasteiger partial charge in [0.25, 0.3) is 0 Å². The number of benzene rings is 1. The predicted octanol–water partition coefficient (Wildman–Crippen LogP) is 1.89. The number of morpholine rings is 1. The molecular weight excluding hydrogens is 235 g/mol. The summed E-state index contributed by atoms with van der Waals surface area (Å²) in [5, 5.41) is 2.59. The normalized spacial score (nSPS) is 21.1. The van der Waals surface area contributed by atoms with Gasteiger partial charge in [-0.2, -0.15) is 13.2 Å². The Labute approximate surface area is 95.6 Å². The second-order valence-electron chi connectivity index (χ2n) is 3.72. The molecule has 1 aromatic carbocycles. The lowest BCUT2D eigenvalue weighted by atomic mass is 10.1. The Kier molecular flexibility index (Phi) is 3.06. The molecule has 1 N–H and O–H groups in total. The van der Waals surface area contributed by atoms with Crippen molar-refractivity contribution in [3.8, 4) is 0 Å². The minimum absolute atomic E-state index is 0.0638. The molecule has 1 heterocycles. The van der Waals surface area contributed by atoms with Gasteiger partial charge in [0, 0.05) is 6.54 Å². The quantitative estimate of drug-likeness (QED) is 0.820. The van der Waals surface area contributed by atoms with Crippen molar-refractivity contribution in [3.05, 3.63) is 35.4 Å². The molecule has 1 amide bonds. The molecule has 0 bridgehead atoms. The summed E-state index contributed by atoms with van der Waals surface area (Å²) in [5.74, 6) is -0.215. The van der Waals surface area contributed by atoms with Crippen LogP contribution >= 0.6 is 0 Å². The standard InChI is InChI=1S/C11H10F3NO2/c12-11(13,14)8-3-1-7(2-4-8)9-5-15-10(16)6-17-9/h1-4,9H,5-6H2,(H,15,16)/t9-/m1/s1. The zero-order chi connectivity index (χ0) is 12.5. The number of hydrogen-bond donors (Lipinski definition) is 1. The van der Waals surface area contributed by atoms with Gasteiger partial charge in [0.05, 0.1) is 5.56 Å². The van der Waals surface area contributed by atoms with Gasteiger partial charge in [-0.05, 0) is 17.7 Å². The van der Waals surface area contributed by atoms with Crippen LogP contribution in [0.15, 0.2) is 24.3 Å². The van der Waals surface area contributed by atoms with Crippen LogP contribution in [-0.2, 0) is 15.7 Å².